The topological polar surface area (TPSA) is 108 Å². The van der Waals surface area contributed by atoms with E-state index in [4.69, 9.17) is 9.84 Å². The van der Waals surface area contributed by atoms with Crippen molar-refractivity contribution in [1.29, 1.82) is 0 Å². The van der Waals surface area contributed by atoms with Crippen molar-refractivity contribution in [1.82, 2.24) is 15.5 Å². The van der Waals surface area contributed by atoms with Crippen LogP contribution in [0.25, 0.3) is 0 Å². The van der Waals surface area contributed by atoms with Gasteiger partial charge in [0.2, 0.25) is 5.91 Å². The van der Waals surface area contributed by atoms with Crippen molar-refractivity contribution < 1.29 is 37.4 Å². The van der Waals surface area contributed by atoms with Crippen LogP contribution in [0.3, 0.4) is 0 Å². The molecule has 1 aliphatic carbocycles. The zero-order chi connectivity index (χ0) is 27.3. The highest BCUT2D eigenvalue weighted by molar-refractivity contribution is 5.96. The van der Waals surface area contributed by atoms with Gasteiger partial charge in [-0.2, -0.15) is 13.2 Å². The first kappa shape index (κ1) is 27.4. The van der Waals surface area contributed by atoms with Crippen LogP contribution in [-0.2, 0) is 15.8 Å². The Kier molecular flexibility index (Phi) is 8.55. The molecule has 0 atom stereocenters. The molecule has 1 saturated carbocycles. The first-order valence-corrected chi connectivity index (χ1v) is 12.5. The number of hydrogen-bond acceptors (Lipinski definition) is 5. The van der Waals surface area contributed by atoms with Gasteiger partial charge in [0.15, 0.2) is 6.61 Å². The van der Waals surface area contributed by atoms with Crippen LogP contribution in [0.5, 0.6) is 5.75 Å². The third-order valence-electron chi connectivity index (χ3n) is 7.06. The van der Waals surface area contributed by atoms with Gasteiger partial charge in [-0.1, -0.05) is 18.2 Å². The summed E-state index contributed by atoms with van der Waals surface area (Å²) in [4.78, 5) is 37.3. The van der Waals surface area contributed by atoms with Crippen molar-refractivity contribution in [2.24, 2.45) is 0 Å². The quantitative estimate of drug-likeness (QED) is 0.456. The van der Waals surface area contributed by atoms with E-state index in [2.05, 4.69) is 15.5 Å². The molecule has 2 aliphatic rings. The summed E-state index contributed by atoms with van der Waals surface area (Å²) >= 11 is 0. The van der Waals surface area contributed by atoms with E-state index < -0.39 is 23.6 Å². The monoisotopic (exact) mass is 533 g/mol. The maximum absolute atomic E-state index is 12.8. The summed E-state index contributed by atoms with van der Waals surface area (Å²) in [5.74, 6) is -1.15. The summed E-state index contributed by atoms with van der Waals surface area (Å²) in [6.45, 7) is 0.767. The number of hydrogen-bond donors (Lipinski definition) is 3. The highest BCUT2D eigenvalue weighted by Crippen LogP contribution is 2.36. The van der Waals surface area contributed by atoms with E-state index in [-0.39, 0.29) is 30.7 Å². The van der Waals surface area contributed by atoms with Gasteiger partial charge in [-0.15, -0.1) is 0 Å². The number of ether oxygens (including phenoxy) is 1. The molecule has 2 fully saturated rings. The molecule has 1 aliphatic heterocycles. The Morgan fingerprint density at radius 1 is 1.00 bits per heavy atom. The van der Waals surface area contributed by atoms with Gasteiger partial charge in [-0.25, -0.2) is 4.79 Å². The van der Waals surface area contributed by atoms with Crippen LogP contribution in [0, 0.1) is 0 Å². The largest absolute Gasteiger partial charge is 0.482 e. The molecular weight excluding hydrogens is 503 g/mol. The Hall–Kier alpha value is -3.60. The fourth-order valence-corrected chi connectivity index (χ4v) is 5.04. The Labute approximate surface area is 218 Å². The Morgan fingerprint density at radius 2 is 1.68 bits per heavy atom. The number of benzene rings is 2. The smallest absolute Gasteiger partial charge is 0.416 e. The molecule has 0 aromatic heterocycles. The summed E-state index contributed by atoms with van der Waals surface area (Å²) in [6.07, 6.45) is -0.399. The number of rotatable bonds is 9. The normalized spacial score (nSPS) is 20.3. The standard InChI is InChI=1S/C27H30F3N3O5/c28-27(29,30)20-3-1-2-19(12-20)26(37)31-13-24(34)32-21-14-33(15-21)22-8-4-17(5-9-22)18-6-10-23(11-7-18)38-16-25(35)36/h1-3,6-7,10-12,17,21-22H,4-5,8-9,13-16H2,(H,31,37)(H,32,34)(H,35,36). The van der Waals surface area contributed by atoms with Gasteiger partial charge >= 0.3 is 12.1 Å². The highest BCUT2D eigenvalue weighted by Gasteiger charge is 2.35. The summed E-state index contributed by atoms with van der Waals surface area (Å²) in [5, 5.41) is 13.9. The van der Waals surface area contributed by atoms with Gasteiger partial charge in [0.1, 0.15) is 5.75 Å². The van der Waals surface area contributed by atoms with Gasteiger partial charge < -0.3 is 20.5 Å². The van der Waals surface area contributed by atoms with Crippen LogP contribution in [0.4, 0.5) is 13.2 Å². The van der Waals surface area contributed by atoms with E-state index in [9.17, 15) is 27.6 Å². The number of amides is 2. The second-order valence-electron chi connectivity index (χ2n) is 9.74. The number of carboxylic acid groups (broad SMARTS) is 1. The maximum Gasteiger partial charge on any atom is 0.416 e. The molecule has 0 radical (unpaired) electrons. The molecule has 0 unspecified atom stereocenters. The van der Waals surface area contributed by atoms with E-state index >= 15 is 0 Å². The van der Waals surface area contributed by atoms with Crippen LogP contribution in [-0.4, -0.2) is 66.1 Å². The molecule has 11 heteroatoms. The molecule has 4 rings (SSSR count). The molecule has 0 spiro atoms. The lowest BCUT2D eigenvalue weighted by Crippen LogP contribution is -2.63. The van der Waals surface area contributed by atoms with Gasteiger partial charge in [-0.3, -0.25) is 14.5 Å². The maximum atomic E-state index is 12.8. The zero-order valence-electron chi connectivity index (χ0n) is 20.7. The summed E-state index contributed by atoms with van der Waals surface area (Å²) in [5.41, 5.74) is 0.145. The van der Waals surface area contributed by atoms with Gasteiger partial charge in [0.25, 0.3) is 5.91 Å². The number of carbonyl (C=O) groups is 3. The Morgan fingerprint density at radius 3 is 2.32 bits per heavy atom. The lowest BCUT2D eigenvalue weighted by molar-refractivity contribution is -0.139. The lowest BCUT2D eigenvalue weighted by Gasteiger charge is -2.46. The zero-order valence-corrected chi connectivity index (χ0v) is 20.7. The molecule has 2 aromatic rings. The lowest BCUT2D eigenvalue weighted by atomic mass is 9.80. The van der Waals surface area contributed by atoms with Crippen LogP contribution in [0.2, 0.25) is 0 Å². The van der Waals surface area contributed by atoms with Gasteiger partial charge in [-0.05, 0) is 67.5 Å². The minimum absolute atomic E-state index is 0.0240. The highest BCUT2D eigenvalue weighted by atomic mass is 19.4. The van der Waals surface area contributed by atoms with E-state index in [0.29, 0.717) is 17.7 Å². The SMILES string of the molecule is O=C(O)COc1ccc(C2CCC(N3CC(NC(=O)CNC(=O)c4cccc(C(F)(F)F)c4)C3)CC2)cc1. The molecule has 204 valence electrons. The van der Waals surface area contributed by atoms with Crippen molar-refractivity contribution in [3.8, 4) is 5.75 Å². The molecule has 8 nitrogen and oxygen atoms in total. The predicted molar refractivity (Wildman–Crippen MR) is 132 cm³/mol. The van der Waals surface area contributed by atoms with E-state index in [1.54, 1.807) is 12.1 Å². The summed E-state index contributed by atoms with van der Waals surface area (Å²) in [7, 11) is 0. The average Bonchev–Trinajstić information content (AvgIpc) is 2.88. The number of nitrogens with zero attached hydrogens (tertiary/aromatic N) is 1. The molecule has 0 bridgehead atoms. The molecule has 1 heterocycles. The van der Waals surface area contributed by atoms with Crippen molar-refractivity contribution >= 4 is 17.8 Å². The van der Waals surface area contributed by atoms with Gasteiger partial charge in [0.05, 0.1) is 18.2 Å². The first-order chi connectivity index (χ1) is 18.1. The predicted octanol–water partition coefficient (Wildman–Crippen LogP) is 3.43. The third-order valence-corrected chi connectivity index (χ3v) is 7.06. The number of nitrogens with one attached hydrogen (secondary N) is 2. The summed E-state index contributed by atoms with van der Waals surface area (Å²) in [6, 6.07) is 12.1. The van der Waals surface area contributed by atoms with Crippen LogP contribution in [0.15, 0.2) is 48.5 Å². The first-order valence-electron chi connectivity index (χ1n) is 12.5. The molecular formula is C27H30F3N3O5. The molecule has 2 aromatic carbocycles. The minimum atomic E-state index is -4.55. The van der Waals surface area contributed by atoms with Crippen LogP contribution in [0.1, 0.15) is 53.1 Å². The number of carboxylic acids is 1. The summed E-state index contributed by atoms with van der Waals surface area (Å²) < 4.78 is 43.7. The van der Waals surface area contributed by atoms with E-state index in [1.165, 1.54) is 11.6 Å². The van der Waals surface area contributed by atoms with Crippen LogP contribution >= 0.6 is 0 Å². The van der Waals surface area contributed by atoms with E-state index in [1.807, 2.05) is 12.1 Å². The molecule has 38 heavy (non-hydrogen) atoms. The number of carbonyl (C=O) groups excluding carboxylic acids is 2. The average molecular weight is 534 g/mol. The molecule has 3 N–H and O–H groups in total. The number of aliphatic carboxylic acids is 1. The molecule has 1 saturated heterocycles. The van der Waals surface area contributed by atoms with Crippen molar-refractivity contribution in [2.45, 2.75) is 49.9 Å². The van der Waals surface area contributed by atoms with Gasteiger partial charge in [0, 0.05) is 24.7 Å². The number of halogens is 3. The number of alkyl halides is 3. The fraction of sp³-hybridized carbons (Fsp3) is 0.444. The Bertz CT molecular complexity index is 1140. The Balaban J connectivity index is 1.14. The third kappa shape index (κ3) is 7.25. The minimum Gasteiger partial charge on any atom is -0.482 e. The van der Waals surface area contributed by atoms with Crippen LogP contribution < -0.4 is 15.4 Å². The van der Waals surface area contributed by atoms with Crippen molar-refractivity contribution in [2.75, 3.05) is 26.2 Å². The second-order valence-corrected chi connectivity index (χ2v) is 9.74. The van der Waals surface area contributed by atoms with Crippen molar-refractivity contribution in [3.05, 3.63) is 65.2 Å². The molecule has 2 amide bonds. The van der Waals surface area contributed by atoms with Crippen molar-refractivity contribution in [3.63, 3.8) is 0 Å². The fourth-order valence-electron chi connectivity index (χ4n) is 5.04. The number of likely N-dealkylation sites (tertiary alicyclic amines) is 1. The van der Waals surface area contributed by atoms with E-state index in [0.717, 1.165) is 57.0 Å². The second kappa shape index (κ2) is 11.8.